The van der Waals surface area contributed by atoms with Gasteiger partial charge in [-0.2, -0.15) is 9.57 Å². The maximum atomic E-state index is 13.6. The Morgan fingerprint density at radius 3 is 2.18 bits per heavy atom. The van der Waals surface area contributed by atoms with E-state index in [1.54, 1.807) is 4.90 Å². The van der Waals surface area contributed by atoms with Crippen LogP contribution in [0.1, 0.15) is 29.8 Å². The summed E-state index contributed by atoms with van der Waals surface area (Å²) in [5.41, 5.74) is 2.66. The van der Waals surface area contributed by atoms with Crippen molar-refractivity contribution in [1.82, 2.24) is 9.21 Å². The summed E-state index contributed by atoms with van der Waals surface area (Å²) in [6.07, 6.45) is 1.20. The summed E-state index contributed by atoms with van der Waals surface area (Å²) in [6, 6.07) is 21.9. The number of sulfonamides is 1. The van der Waals surface area contributed by atoms with Crippen LogP contribution in [0.15, 0.2) is 60.7 Å². The number of hydrogen-bond donors (Lipinski definition) is 0. The van der Waals surface area contributed by atoms with Gasteiger partial charge in [0.2, 0.25) is 10.0 Å². The second-order valence-electron chi connectivity index (χ2n) is 8.98. The van der Waals surface area contributed by atoms with Crippen LogP contribution < -0.4 is 0 Å². The summed E-state index contributed by atoms with van der Waals surface area (Å²) < 4.78 is 25.1. The van der Waals surface area contributed by atoms with Crippen LogP contribution in [-0.2, 0) is 15.4 Å². The molecule has 0 N–H and O–H groups in total. The van der Waals surface area contributed by atoms with E-state index in [2.05, 4.69) is 6.07 Å². The van der Waals surface area contributed by atoms with Crippen LogP contribution >= 0.6 is 0 Å². The van der Waals surface area contributed by atoms with Crippen molar-refractivity contribution in [3.63, 3.8) is 0 Å². The van der Waals surface area contributed by atoms with E-state index in [9.17, 15) is 18.5 Å². The summed E-state index contributed by atoms with van der Waals surface area (Å²) in [5.74, 6) is -0.106. The fraction of sp³-hybridized carbons (Fsp3) is 0.308. The van der Waals surface area contributed by atoms with Gasteiger partial charge in [-0.15, -0.1) is 0 Å². The Balaban J connectivity index is 1.75. The topological polar surface area (TPSA) is 81.5 Å². The van der Waals surface area contributed by atoms with Crippen molar-refractivity contribution in [2.45, 2.75) is 19.3 Å². The van der Waals surface area contributed by atoms with Gasteiger partial charge in [-0.25, -0.2) is 8.42 Å². The highest BCUT2D eigenvalue weighted by Gasteiger charge is 2.28. The Bertz CT molecular complexity index is 1350. The molecule has 0 atom stereocenters. The predicted molar refractivity (Wildman–Crippen MR) is 130 cm³/mol. The van der Waals surface area contributed by atoms with E-state index in [4.69, 9.17) is 0 Å². The highest BCUT2D eigenvalue weighted by molar-refractivity contribution is 7.88. The van der Waals surface area contributed by atoms with E-state index in [1.807, 2.05) is 74.5 Å². The highest BCUT2D eigenvalue weighted by atomic mass is 32.2. The molecule has 0 bridgehead atoms. The van der Waals surface area contributed by atoms with Gasteiger partial charge in [-0.05, 0) is 41.8 Å². The van der Waals surface area contributed by atoms with Crippen LogP contribution in [0.25, 0.3) is 21.9 Å². The van der Waals surface area contributed by atoms with Crippen molar-refractivity contribution in [2.75, 3.05) is 32.4 Å². The standard InChI is InChI=1S/C26H27N3O3S/c1-26(2,18-27)21-11-8-20(9-12-21)24-22-7-5-4-6-19(22)10-13-23(24)25(30)28-14-16-29(17-15-28)33(3,31)32/h4-13H,14-17H2,1-3H3. The summed E-state index contributed by atoms with van der Waals surface area (Å²) in [5, 5.41) is 11.5. The van der Waals surface area contributed by atoms with Gasteiger partial charge in [0.1, 0.15) is 0 Å². The lowest BCUT2D eigenvalue weighted by atomic mass is 9.84. The van der Waals surface area contributed by atoms with E-state index in [-0.39, 0.29) is 5.91 Å². The molecule has 1 heterocycles. The molecule has 0 aliphatic carbocycles. The molecule has 3 aromatic rings. The molecule has 170 valence electrons. The van der Waals surface area contributed by atoms with Gasteiger partial charge >= 0.3 is 0 Å². The average molecular weight is 462 g/mol. The van der Waals surface area contributed by atoms with Crippen molar-refractivity contribution in [2.24, 2.45) is 0 Å². The molecule has 1 fully saturated rings. The number of amides is 1. The van der Waals surface area contributed by atoms with Crippen LogP contribution in [0.2, 0.25) is 0 Å². The number of hydrogen-bond acceptors (Lipinski definition) is 4. The molecule has 1 saturated heterocycles. The SMILES string of the molecule is CC(C)(C#N)c1ccc(-c2c(C(=O)N3CCN(S(C)(=O)=O)CC3)ccc3ccccc23)cc1. The smallest absolute Gasteiger partial charge is 0.254 e. The summed E-state index contributed by atoms with van der Waals surface area (Å²) in [7, 11) is -3.27. The fourth-order valence-electron chi connectivity index (χ4n) is 4.27. The largest absolute Gasteiger partial charge is 0.336 e. The molecule has 0 radical (unpaired) electrons. The third-order valence-corrected chi connectivity index (χ3v) is 7.63. The molecule has 0 spiro atoms. The maximum Gasteiger partial charge on any atom is 0.254 e. The molecule has 0 unspecified atom stereocenters. The van der Waals surface area contributed by atoms with Gasteiger partial charge in [0, 0.05) is 37.3 Å². The number of rotatable bonds is 4. The normalized spacial score (nSPS) is 15.4. The Morgan fingerprint density at radius 2 is 1.58 bits per heavy atom. The van der Waals surface area contributed by atoms with E-state index < -0.39 is 15.4 Å². The minimum Gasteiger partial charge on any atom is -0.336 e. The molecular formula is C26H27N3O3S. The molecule has 33 heavy (non-hydrogen) atoms. The Labute approximate surface area is 195 Å². The zero-order valence-corrected chi connectivity index (χ0v) is 19.9. The fourth-order valence-corrected chi connectivity index (χ4v) is 5.10. The third kappa shape index (κ3) is 4.50. The van der Waals surface area contributed by atoms with Crippen LogP contribution in [0, 0.1) is 11.3 Å². The molecule has 6 nitrogen and oxygen atoms in total. The molecule has 1 aliphatic heterocycles. The molecule has 4 rings (SSSR count). The molecule has 1 amide bonds. The lowest BCUT2D eigenvalue weighted by molar-refractivity contribution is 0.0699. The average Bonchev–Trinajstić information content (AvgIpc) is 2.82. The second kappa shape index (κ2) is 8.62. The number of nitrogens with zero attached hydrogens (tertiary/aromatic N) is 3. The van der Waals surface area contributed by atoms with Gasteiger partial charge in [0.05, 0.1) is 17.7 Å². The van der Waals surface area contributed by atoms with Crippen molar-refractivity contribution >= 4 is 26.7 Å². The predicted octanol–water partition coefficient (Wildman–Crippen LogP) is 4.03. The van der Waals surface area contributed by atoms with Crippen molar-refractivity contribution < 1.29 is 13.2 Å². The van der Waals surface area contributed by atoms with Crippen LogP contribution in [0.5, 0.6) is 0 Å². The van der Waals surface area contributed by atoms with Gasteiger partial charge in [0.15, 0.2) is 0 Å². The van der Waals surface area contributed by atoms with Crippen LogP contribution in [0.3, 0.4) is 0 Å². The van der Waals surface area contributed by atoms with Crippen molar-refractivity contribution in [3.05, 3.63) is 71.8 Å². The number of benzene rings is 3. The summed E-state index contributed by atoms with van der Waals surface area (Å²) >= 11 is 0. The first-order valence-corrected chi connectivity index (χ1v) is 12.7. The van der Waals surface area contributed by atoms with Gasteiger partial charge in [-0.1, -0.05) is 54.6 Å². The van der Waals surface area contributed by atoms with Crippen LogP contribution in [0.4, 0.5) is 0 Å². The van der Waals surface area contributed by atoms with E-state index in [0.29, 0.717) is 31.7 Å². The first kappa shape index (κ1) is 23.0. The quantitative estimate of drug-likeness (QED) is 0.588. The lowest BCUT2D eigenvalue weighted by Crippen LogP contribution is -2.50. The second-order valence-corrected chi connectivity index (χ2v) is 11.0. The Kier molecular flexibility index (Phi) is 6.00. The monoisotopic (exact) mass is 461 g/mol. The third-order valence-electron chi connectivity index (χ3n) is 6.33. The number of nitriles is 1. The first-order chi connectivity index (χ1) is 15.6. The zero-order valence-electron chi connectivity index (χ0n) is 19.1. The van der Waals surface area contributed by atoms with Crippen molar-refractivity contribution in [3.8, 4) is 17.2 Å². The molecule has 3 aromatic carbocycles. The number of fused-ring (bicyclic) bond motifs is 1. The number of carbonyl (C=O) groups is 1. The summed E-state index contributed by atoms with van der Waals surface area (Å²) in [4.78, 5) is 15.3. The Hall–Kier alpha value is -3.21. The Morgan fingerprint density at radius 1 is 0.939 bits per heavy atom. The minimum absolute atomic E-state index is 0.106. The van der Waals surface area contributed by atoms with Crippen molar-refractivity contribution in [1.29, 1.82) is 5.26 Å². The molecule has 1 aliphatic rings. The molecular weight excluding hydrogens is 434 g/mol. The lowest BCUT2D eigenvalue weighted by Gasteiger charge is -2.33. The van der Waals surface area contributed by atoms with E-state index in [1.165, 1.54) is 10.6 Å². The van der Waals surface area contributed by atoms with E-state index >= 15 is 0 Å². The first-order valence-electron chi connectivity index (χ1n) is 10.9. The summed E-state index contributed by atoms with van der Waals surface area (Å²) in [6.45, 7) is 5.06. The van der Waals surface area contributed by atoms with Gasteiger partial charge in [0.25, 0.3) is 5.91 Å². The minimum atomic E-state index is -3.27. The molecule has 0 aromatic heterocycles. The maximum absolute atomic E-state index is 13.6. The number of carbonyl (C=O) groups excluding carboxylic acids is 1. The molecule has 0 saturated carbocycles. The van der Waals surface area contributed by atoms with Gasteiger partial charge < -0.3 is 4.90 Å². The van der Waals surface area contributed by atoms with Gasteiger partial charge in [-0.3, -0.25) is 4.79 Å². The zero-order chi connectivity index (χ0) is 23.8. The van der Waals surface area contributed by atoms with Crippen LogP contribution in [-0.4, -0.2) is 56.0 Å². The highest BCUT2D eigenvalue weighted by Crippen LogP contribution is 2.34. The van der Waals surface area contributed by atoms with E-state index in [0.717, 1.165) is 27.5 Å². The number of piperazine rings is 1. The molecule has 7 heteroatoms.